The smallest absolute Gasteiger partial charge is 0.150 e. The summed E-state index contributed by atoms with van der Waals surface area (Å²) in [5.41, 5.74) is 1.49. The molecule has 1 aromatic carbocycles. The van der Waals surface area contributed by atoms with Crippen molar-refractivity contribution in [2.45, 2.75) is 6.92 Å². The van der Waals surface area contributed by atoms with Crippen LogP contribution >= 0.6 is 0 Å². The minimum Gasteiger partial charge on any atom is -0.397 e. The Bertz CT molecular complexity index is 424. The van der Waals surface area contributed by atoms with Gasteiger partial charge in [0.2, 0.25) is 0 Å². The SMILES string of the molecule is CCO.O=Cc1ccccc1-c1ncc[nH]1. The van der Waals surface area contributed by atoms with Gasteiger partial charge in [0.1, 0.15) is 5.82 Å². The van der Waals surface area contributed by atoms with Crippen LogP contribution in [0, 0.1) is 0 Å². The van der Waals surface area contributed by atoms with Crippen molar-refractivity contribution < 1.29 is 9.90 Å². The maximum absolute atomic E-state index is 10.7. The number of benzene rings is 1. The predicted molar refractivity (Wildman–Crippen MR) is 62.2 cm³/mol. The molecule has 2 rings (SSSR count). The van der Waals surface area contributed by atoms with Crippen LogP contribution in [0.1, 0.15) is 17.3 Å². The fraction of sp³-hybridized carbons (Fsp3) is 0.167. The van der Waals surface area contributed by atoms with Crippen LogP contribution in [-0.4, -0.2) is 28.0 Å². The van der Waals surface area contributed by atoms with Gasteiger partial charge in [-0.25, -0.2) is 4.98 Å². The van der Waals surface area contributed by atoms with E-state index in [4.69, 9.17) is 5.11 Å². The summed E-state index contributed by atoms with van der Waals surface area (Å²) < 4.78 is 0. The Balaban J connectivity index is 0.000000386. The molecule has 0 spiro atoms. The number of nitrogens with zero attached hydrogens (tertiary/aromatic N) is 1. The van der Waals surface area contributed by atoms with Crippen molar-refractivity contribution in [3.8, 4) is 11.4 Å². The number of aromatic nitrogens is 2. The van der Waals surface area contributed by atoms with E-state index < -0.39 is 0 Å². The number of rotatable bonds is 2. The number of imidazole rings is 1. The van der Waals surface area contributed by atoms with E-state index in [0.717, 1.165) is 17.7 Å². The van der Waals surface area contributed by atoms with E-state index in [1.807, 2.05) is 18.2 Å². The summed E-state index contributed by atoms with van der Waals surface area (Å²) in [6.07, 6.45) is 4.23. The highest BCUT2D eigenvalue weighted by Crippen LogP contribution is 2.17. The van der Waals surface area contributed by atoms with Gasteiger partial charge in [-0.1, -0.05) is 24.3 Å². The third-order valence-corrected chi connectivity index (χ3v) is 1.84. The molecule has 2 aromatic rings. The number of carbonyl (C=O) groups is 1. The maximum atomic E-state index is 10.7. The van der Waals surface area contributed by atoms with Gasteiger partial charge in [0.05, 0.1) is 0 Å². The molecule has 0 amide bonds. The summed E-state index contributed by atoms with van der Waals surface area (Å²) >= 11 is 0. The molecule has 0 bridgehead atoms. The number of H-pyrrole nitrogens is 1. The zero-order valence-corrected chi connectivity index (χ0v) is 9.05. The summed E-state index contributed by atoms with van der Waals surface area (Å²) in [7, 11) is 0. The van der Waals surface area contributed by atoms with E-state index >= 15 is 0 Å². The van der Waals surface area contributed by atoms with E-state index in [1.165, 1.54) is 0 Å². The fourth-order valence-corrected chi connectivity index (χ4v) is 1.23. The van der Waals surface area contributed by atoms with Crippen LogP contribution < -0.4 is 0 Å². The highest BCUT2D eigenvalue weighted by molar-refractivity contribution is 5.85. The summed E-state index contributed by atoms with van der Waals surface area (Å²) in [5.74, 6) is 0.725. The molecule has 1 heterocycles. The van der Waals surface area contributed by atoms with Crippen molar-refractivity contribution in [2.24, 2.45) is 0 Å². The zero-order chi connectivity index (χ0) is 11.8. The lowest BCUT2D eigenvalue weighted by molar-refractivity contribution is 0.112. The minimum atomic E-state index is 0.250. The first kappa shape index (κ1) is 12.1. The first-order valence-electron chi connectivity index (χ1n) is 4.98. The number of hydrogen-bond donors (Lipinski definition) is 2. The lowest BCUT2D eigenvalue weighted by Gasteiger charge is -1.98. The number of aliphatic hydroxyl groups excluding tert-OH is 1. The number of hydrogen-bond acceptors (Lipinski definition) is 3. The van der Waals surface area contributed by atoms with E-state index in [9.17, 15) is 4.79 Å². The summed E-state index contributed by atoms with van der Waals surface area (Å²) in [4.78, 5) is 17.7. The van der Waals surface area contributed by atoms with Gasteiger partial charge >= 0.3 is 0 Å². The van der Waals surface area contributed by atoms with Crippen LogP contribution in [0.2, 0.25) is 0 Å². The van der Waals surface area contributed by atoms with Crippen molar-refractivity contribution in [1.29, 1.82) is 0 Å². The molecule has 0 saturated carbocycles. The number of aromatic amines is 1. The Hall–Kier alpha value is -1.94. The Morgan fingerprint density at radius 1 is 1.44 bits per heavy atom. The quantitative estimate of drug-likeness (QED) is 0.756. The summed E-state index contributed by atoms with van der Waals surface area (Å²) in [6.45, 7) is 1.93. The van der Waals surface area contributed by atoms with E-state index in [1.54, 1.807) is 25.4 Å². The topological polar surface area (TPSA) is 66.0 Å². The molecule has 0 atom stereocenters. The Labute approximate surface area is 94.0 Å². The average Bonchev–Trinajstić information content (AvgIpc) is 2.83. The second kappa shape index (κ2) is 6.53. The number of aldehydes is 1. The van der Waals surface area contributed by atoms with Gasteiger partial charge in [-0.2, -0.15) is 0 Å². The summed E-state index contributed by atoms with van der Waals surface area (Å²) in [5, 5.41) is 7.57. The van der Waals surface area contributed by atoms with Gasteiger partial charge in [0, 0.05) is 30.1 Å². The molecule has 0 aliphatic rings. The van der Waals surface area contributed by atoms with Crippen LogP contribution in [-0.2, 0) is 0 Å². The highest BCUT2D eigenvalue weighted by atomic mass is 16.2. The van der Waals surface area contributed by atoms with Crippen molar-refractivity contribution >= 4 is 6.29 Å². The molecular formula is C12H14N2O2. The van der Waals surface area contributed by atoms with Crippen LogP contribution in [0.25, 0.3) is 11.4 Å². The summed E-state index contributed by atoms with van der Waals surface area (Å²) in [6, 6.07) is 7.34. The normalized spacial score (nSPS) is 9.12. The first-order chi connectivity index (χ1) is 7.83. The third-order valence-electron chi connectivity index (χ3n) is 1.84. The molecule has 4 heteroatoms. The largest absolute Gasteiger partial charge is 0.397 e. The highest BCUT2D eigenvalue weighted by Gasteiger charge is 2.03. The minimum absolute atomic E-state index is 0.250. The standard InChI is InChI=1S/C10H8N2O.C2H6O/c13-7-8-3-1-2-4-9(8)10-11-5-6-12-10;1-2-3/h1-7H,(H,11,12);3H,2H2,1H3. The molecule has 16 heavy (non-hydrogen) atoms. The van der Waals surface area contributed by atoms with E-state index in [2.05, 4.69) is 9.97 Å². The molecular weight excluding hydrogens is 204 g/mol. The van der Waals surface area contributed by atoms with Crippen molar-refractivity contribution in [3.05, 3.63) is 42.2 Å². The molecule has 1 aromatic heterocycles. The van der Waals surface area contributed by atoms with E-state index in [-0.39, 0.29) is 6.61 Å². The molecule has 0 saturated heterocycles. The van der Waals surface area contributed by atoms with Gasteiger partial charge in [0.15, 0.2) is 6.29 Å². The fourth-order valence-electron chi connectivity index (χ4n) is 1.23. The molecule has 4 nitrogen and oxygen atoms in total. The van der Waals surface area contributed by atoms with Crippen molar-refractivity contribution in [1.82, 2.24) is 9.97 Å². The Kier molecular flexibility index (Phi) is 4.95. The molecule has 2 N–H and O–H groups in total. The molecule has 0 unspecified atom stereocenters. The predicted octanol–water partition coefficient (Wildman–Crippen LogP) is 1.89. The lowest BCUT2D eigenvalue weighted by Crippen LogP contribution is -1.87. The van der Waals surface area contributed by atoms with E-state index in [0.29, 0.717) is 5.56 Å². The van der Waals surface area contributed by atoms with Crippen LogP contribution in [0.3, 0.4) is 0 Å². The van der Waals surface area contributed by atoms with Gasteiger partial charge in [-0.05, 0) is 6.92 Å². The molecule has 0 aliphatic carbocycles. The molecule has 0 aliphatic heterocycles. The maximum Gasteiger partial charge on any atom is 0.150 e. The van der Waals surface area contributed by atoms with Gasteiger partial charge in [-0.15, -0.1) is 0 Å². The second-order valence-electron chi connectivity index (χ2n) is 2.96. The van der Waals surface area contributed by atoms with Gasteiger partial charge in [0.25, 0.3) is 0 Å². The van der Waals surface area contributed by atoms with Crippen LogP contribution in [0.5, 0.6) is 0 Å². The molecule has 0 fully saturated rings. The monoisotopic (exact) mass is 218 g/mol. The molecule has 0 radical (unpaired) electrons. The number of carbonyl (C=O) groups excluding carboxylic acids is 1. The Morgan fingerprint density at radius 3 is 2.69 bits per heavy atom. The molecule has 84 valence electrons. The lowest BCUT2D eigenvalue weighted by atomic mass is 10.1. The number of nitrogens with one attached hydrogen (secondary N) is 1. The van der Waals surface area contributed by atoms with Crippen LogP contribution in [0.4, 0.5) is 0 Å². The number of aliphatic hydroxyl groups is 1. The Morgan fingerprint density at radius 2 is 2.12 bits per heavy atom. The first-order valence-corrected chi connectivity index (χ1v) is 4.98. The van der Waals surface area contributed by atoms with Crippen LogP contribution in [0.15, 0.2) is 36.7 Å². The zero-order valence-electron chi connectivity index (χ0n) is 9.05. The van der Waals surface area contributed by atoms with Gasteiger partial charge < -0.3 is 10.1 Å². The average molecular weight is 218 g/mol. The second-order valence-corrected chi connectivity index (χ2v) is 2.96. The van der Waals surface area contributed by atoms with Crippen molar-refractivity contribution in [2.75, 3.05) is 6.61 Å². The van der Waals surface area contributed by atoms with Gasteiger partial charge in [-0.3, -0.25) is 4.79 Å². The third kappa shape index (κ3) is 3.03. The van der Waals surface area contributed by atoms with Crippen molar-refractivity contribution in [3.63, 3.8) is 0 Å².